The van der Waals surface area contributed by atoms with Crippen molar-refractivity contribution < 1.29 is 13.3 Å². The molecule has 2 N–H and O–H groups in total. The first-order chi connectivity index (χ1) is 11.2. The number of piperidine rings is 1. The van der Waals surface area contributed by atoms with Crippen molar-refractivity contribution in [3.63, 3.8) is 0 Å². The topological polar surface area (TPSA) is 107 Å². The van der Waals surface area contributed by atoms with Crippen LogP contribution in [0.25, 0.3) is 0 Å². The van der Waals surface area contributed by atoms with Crippen molar-refractivity contribution in [1.82, 2.24) is 0 Å². The second-order valence-electron chi connectivity index (χ2n) is 6.89. The fourth-order valence-corrected chi connectivity index (χ4v) is 3.64. The number of nitrogens with two attached hydrogens (primary N) is 1. The zero-order valence-electron chi connectivity index (χ0n) is 14.1. The average molecular weight is 355 g/mol. The van der Waals surface area contributed by atoms with E-state index < -0.39 is 14.9 Å². The molecular formula is C16H25N3O4S. The molecule has 0 spiro atoms. The zero-order chi connectivity index (χ0) is 17.9. The summed E-state index contributed by atoms with van der Waals surface area (Å²) in [7, 11) is -3.98. The van der Waals surface area contributed by atoms with Gasteiger partial charge in [0.25, 0.3) is 5.69 Å². The summed E-state index contributed by atoms with van der Waals surface area (Å²) in [5, 5.41) is 16.2. The highest BCUT2D eigenvalue weighted by Gasteiger charge is 2.23. The molecule has 1 aromatic rings. The standard InChI is InChI=1S/C16H25N3O4S/c1-12(2)3-4-13-5-7-18(8-6-13)14-9-15(19(20)21)11-16(10-14)24(17,22)23/h9-13H,3-8H2,1-2H3,(H2,17,22,23). The molecule has 134 valence electrons. The van der Waals surface area contributed by atoms with Gasteiger partial charge in [-0.15, -0.1) is 0 Å². The molecule has 1 aliphatic rings. The molecule has 1 aliphatic heterocycles. The third-order valence-electron chi connectivity index (χ3n) is 4.55. The predicted molar refractivity (Wildman–Crippen MR) is 93.5 cm³/mol. The Morgan fingerprint density at radius 3 is 2.42 bits per heavy atom. The Morgan fingerprint density at radius 1 is 1.29 bits per heavy atom. The summed E-state index contributed by atoms with van der Waals surface area (Å²) >= 11 is 0. The van der Waals surface area contributed by atoms with Gasteiger partial charge in [0.2, 0.25) is 10.0 Å². The first-order valence-corrected chi connectivity index (χ1v) is 9.78. The van der Waals surface area contributed by atoms with Crippen LogP contribution in [0.4, 0.5) is 11.4 Å². The van der Waals surface area contributed by atoms with E-state index in [-0.39, 0.29) is 10.6 Å². The molecular weight excluding hydrogens is 330 g/mol. The number of anilines is 1. The second kappa shape index (κ2) is 7.48. The summed E-state index contributed by atoms with van der Waals surface area (Å²) < 4.78 is 23.2. The van der Waals surface area contributed by atoms with Gasteiger partial charge in [0.15, 0.2) is 0 Å². The van der Waals surface area contributed by atoms with Crippen LogP contribution in [-0.4, -0.2) is 26.4 Å². The maximum Gasteiger partial charge on any atom is 0.272 e. The Balaban J connectivity index is 2.15. The van der Waals surface area contributed by atoms with E-state index >= 15 is 0 Å². The van der Waals surface area contributed by atoms with Crippen LogP contribution in [0.2, 0.25) is 0 Å². The number of nitro benzene ring substituents is 1. The van der Waals surface area contributed by atoms with Gasteiger partial charge in [-0.05, 0) is 30.7 Å². The number of hydrogen-bond donors (Lipinski definition) is 1. The van der Waals surface area contributed by atoms with E-state index in [9.17, 15) is 18.5 Å². The number of benzene rings is 1. The van der Waals surface area contributed by atoms with Crippen molar-refractivity contribution in [2.24, 2.45) is 17.0 Å². The van der Waals surface area contributed by atoms with Gasteiger partial charge in [-0.1, -0.05) is 26.7 Å². The van der Waals surface area contributed by atoms with Crippen molar-refractivity contribution in [2.75, 3.05) is 18.0 Å². The second-order valence-corrected chi connectivity index (χ2v) is 8.45. The number of non-ortho nitro benzene ring substituents is 1. The summed E-state index contributed by atoms with van der Waals surface area (Å²) in [4.78, 5) is 12.3. The van der Waals surface area contributed by atoms with Crippen LogP contribution in [0.3, 0.4) is 0 Å². The number of sulfonamides is 1. The first kappa shape index (κ1) is 18.7. The molecule has 0 amide bonds. The summed E-state index contributed by atoms with van der Waals surface area (Å²) in [6, 6.07) is 3.86. The molecule has 1 saturated heterocycles. The molecule has 0 aromatic heterocycles. The van der Waals surface area contributed by atoms with Gasteiger partial charge in [-0.3, -0.25) is 10.1 Å². The maximum atomic E-state index is 11.6. The Morgan fingerprint density at radius 2 is 1.92 bits per heavy atom. The fraction of sp³-hybridized carbons (Fsp3) is 0.625. The van der Waals surface area contributed by atoms with Crippen molar-refractivity contribution >= 4 is 21.4 Å². The Kier molecular flexibility index (Phi) is 5.82. The summed E-state index contributed by atoms with van der Waals surface area (Å²) in [5.41, 5.74) is 0.300. The van der Waals surface area contributed by atoms with Gasteiger partial charge in [0.1, 0.15) is 0 Å². The van der Waals surface area contributed by atoms with Crippen LogP contribution in [-0.2, 0) is 10.0 Å². The van der Waals surface area contributed by atoms with Gasteiger partial charge in [0, 0.05) is 30.9 Å². The molecule has 1 heterocycles. The molecule has 1 fully saturated rings. The third-order valence-corrected chi connectivity index (χ3v) is 5.44. The Bertz CT molecular complexity index is 695. The quantitative estimate of drug-likeness (QED) is 0.624. The number of rotatable bonds is 6. The zero-order valence-corrected chi connectivity index (χ0v) is 15.0. The van der Waals surface area contributed by atoms with E-state index in [1.54, 1.807) is 0 Å². The van der Waals surface area contributed by atoms with E-state index in [0.29, 0.717) is 17.5 Å². The maximum absolute atomic E-state index is 11.6. The monoisotopic (exact) mass is 355 g/mol. The average Bonchev–Trinajstić information content (AvgIpc) is 2.52. The lowest BCUT2D eigenvalue weighted by molar-refractivity contribution is -0.385. The van der Waals surface area contributed by atoms with Crippen LogP contribution in [0.15, 0.2) is 23.1 Å². The highest BCUT2D eigenvalue weighted by Crippen LogP contribution is 2.31. The van der Waals surface area contributed by atoms with Crippen molar-refractivity contribution in [1.29, 1.82) is 0 Å². The van der Waals surface area contributed by atoms with Crippen LogP contribution >= 0.6 is 0 Å². The van der Waals surface area contributed by atoms with E-state index in [1.165, 1.54) is 25.0 Å². The van der Waals surface area contributed by atoms with Gasteiger partial charge in [0.05, 0.1) is 9.82 Å². The van der Waals surface area contributed by atoms with Crippen LogP contribution < -0.4 is 10.0 Å². The van der Waals surface area contributed by atoms with Crippen LogP contribution in [0, 0.1) is 22.0 Å². The molecule has 0 bridgehead atoms. The van der Waals surface area contributed by atoms with Crippen molar-refractivity contribution in [2.45, 2.75) is 44.4 Å². The van der Waals surface area contributed by atoms with E-state index in [4.69, 9.17) is 5.14 Å². The molecule has 0 saturated carbocycles. The minimum atomic E-state index is -3.98. The van der Waals surface area contributed by atoms with Gasteiger partial charge in [-0.25, -0.2) is 13.6 Å². The highest BCUT2D eigenvalue weighted by atomic mass is 32.2. The Hall–Kier alpha value is -1.67. The molecule has 2 rings (SSSR count). The van der Waals surface area contributed by atoms with Gasteiger partial charge >= 0.3 is 0 Å². The SMILES string of the molecule is CC(C)CCC1CCN(c2cc([N+](=O)[O-])cc(S(N)(=O)=O)c2)CC1. The number of nitrogens with zero attached hydrogens (tertiary/aromatic N) is 2. The molecule has 8 heteroatoms. The van der Waals surface area contributed by atoms with Crippen molar-refractivity contribution in [3.8, 4) is 0 Å². The molecule has 0 atom stereocenters. The molecule has 0 radical (unpaired) electrons. The van der Waals surface area contributed by atoms with Crippen LogP contribution in [0.1, 0.15) is 39.5 Å². The third kappa shape index (κ3) is 4.91. The lowest BCUT2D eigenvalue weighted by Gasteiger charge is -2.34. The predicted octanol–water partition coefficient (Wildman–Crippen LogP) is 2.89. The molecule has 24 heavy (non-hydrogen) atoms. The Labute approximate surface area is 143 Å². The lowest BCUT2D eigenvalue weighted by Crippen LogP contribution is -2.34. The first-order valence-electron chi connectivity index (χ1n) is 8.24. The van der Waals surface area contributed by atoms with Crippen LogP contribution in [0.5, 0.6) is 0 Å². The van der Waals surface area contributed by atoms with Gasteiger partial charge in [-0.2, -0.15) is 0 Å². The molecule has 1 aromatic carbocycles. The summed E-state index contributed by atoms with van der Waals surface area (Å²) in [6.45, 7) is 5.97. The summed E-state index contributed by atoms with van der Waals surface area (Å²) in [6.07, 6.45) is 4.43. The largest absolute Gasteiger partial charge is 0.371 e. The molecule has 0 unspecified atom stereocenters. The van der Waals surface area contributed by atoms with E-state index in [0.717, 1.165) is 32.0 Å². The highest BCUT2D eigenvalue weighted by molar-refractivity contribution is 7.89. The number of primary sulfonamides is 1. The normalized spacial score (nSPS) is 16.6. The number of hydrogen-bond acceptors (Lipinski definition) is 5. The van der Waals surface area contributed by atoms with E-state index in [2.05, 4.69) is 13.8 Å². The lowest BCUT2D eigenvalue weighted by atomic mass is 9.89. The molecule has 0 aliphatic carbocycles. The van der Waals surface area contributed by atoms with Crippen molar-refractivity contribution in [3.05, 3.63) is 28.3 Å². The fourth-order valence-electron chi connectivity index (χ4n) is 3.07. The smallest absolute Gasteiger partial charge is 0.272 e. The van der Waals surface area contributed by atoms with E-state index in [1.807, 2.05) is 4.90 Å². The minimum absolute atomic E-state index is 0.214. The minimum Gasteiger partial charge on any atom is -0.371 e. The summed E-state index contributed by atoms with van der Waals surface area (Å²) in [5.74, 6) is 1.36. The number of nitro groups is 1. The molecule has 7 nitrogen and oxygen atoms in total. The van der Waals surface area contributed by atoms with Gasteiger partial charge < -0.3 is 4.90 Å².